The minimum Gasteiger partial charge on any atom is -0.479 e. The highest BCUT2D eigenvalue weighted by Crippen LogP contribution is 2.40. The Hall–Kier alpha value is -3.41. The molecule has 37 heavy (non-hydrogen) atoms. The highest BCUT2D eigenvalue weighted by Gasteiger charge is 2.33. The van der Waals surface area contributed by atoms with Crippen LogP contribution < -0.4 is 5.43 Å². The molecular formula is C26H36N4O7. The molecule has 3 atom stereocenters. The lowest BCUT2D eigenvalue weighted by atomic mass is 9.81. The average Bonchev–Trinajstić information content (AvgIpc) is 3.23. The summed E-state index contributed by atoms with van der Waals surface area (Å²) < 4.78 is 1.93. The van der Waals surface area contributed by atoms with Crippen molar-refractivity contribution in [2.24, 2.45) is 0 Å². The first-order chi connectivity index (χ1) is 17.6. The third-order valence-corrected chi connectivity index (χ3v) is 6.80. The molecule has 202 valence electrons. The van der Waals surface area contributed by atoms with Gasteiger partial charge in [-0.1, -0.05) is 25.1 Å². The number of benzene rings is 1. The summed E-state index contributed by atoms with van der Waals surface area (Å²) in [7, 11) is 0. The lowest BCUT2D eigenvalue weighted by Crippen LogP contribution is -2.42. The molecule has 2 heterocycles. The van der Waals surface area contributed by atoms with Crippen LogP contribution in [0.2, 0.25) is 0 Å². The lowest BCUT2D eigenvalue weighted by molar-refractivity contribution is -0.165. The maximum Gasteiger partial charge on any atom is 0.336 e. The molecule has 2 aromatic rings. The quantitative estimate of drug-likeness (QED) is 0.357. The van der Waals surface area contributed by atoms with Gasteiger partial charge in [0.15, 0.2) is 12.2 Å². The number of fused-ring (bicyclic) bond motifs is 2. The van der Waals surface area contributed by atoms with E-state index in [0.29, 0.717) is 19.1 Å². The highest BCUT2D eigenvalue weighted by molar-refractivity contribution is 5.99. The van der Waals surface area contributed by atoms with Gasteiger partial charge in [-0.2, -0.15) is 0 Å². The van der Waals surface area contributed by atoms with Crippen molar-refractivity contribution in [3.63, 3.8) is 0 Å². The van der Waals surface area contributed by atoms with Gasteiger partial charge >= 0.3 is 18.0 Å². The van der Waals surface area contributed by atoms with Crippen LogP contribution >= 0.6 is 0 Å². The third-order valence-electron chi connectivity index (χ3n) is 6.80. The van der Waals surface area contributed by atoms with Crippen molar-refractivity contribution in [3.8, 4) is 0 Å². The van der Waals surface area contributed by atoms with E-state index in [9.17, 15) is 14.4 Å². The zero-order valence-corrected chi connectivity index (χ0v) is 21.4. The number of nitrogens with one attached hydrogen (secondary N) is 1. The van der Waals surface area contributed by atoms with Crippen molar-refractivity contribution in [1.82, 2.24) is 14.5 Å². The van der Waals surface area contributed by atoms with E-state index in [1.807, 2.05) is 18.5 Å². The van der Waals surface area contributed by atoms with Crippen LogP contribution in [0.3, 0.4) is 0 Å². The number of rotatable bonds is 8. The first-order valence-electron chi connectivity index (χ1n) is 12.6. The molecule has 1 aromatic carbocycles. The van der Waals surface area contributed by atoms with Gasteiger partial charge in [0.05, 0.1) is 5.52 Å². The number of nitrogens with zero attached hydrogens (tertiary/aromatic N) is 3. The molecule has 1 aliphatic carbocycles. The molecule has 0 radical (unpaired) electrons. The van der Waals surface area contributed by atoms with E-state index in [4.69, 9.17) is 20.4 Å². The normalized spacial score (nSPS) is 18.1. The fourth-order valence-electron chi connectivity index (χ4n) is 4.98. The smallest absolute Gasteiger partial charge is 0.336 e. The number of amides is 2. The van der Waals surface area contributed by atoms with Gasteiger partial charge in [0.25, 0.3) is 0 Å². The molecule has 0 bridgehead atoms. The summed E-state index contributed by atoms with van der Waals surface area (Å²) in [5.74, 6) is -3.54. The van der Waals surface area contributed by atoms with Crippen LogP contribution in [0.15, 0.2) is 30.5 Å². The van der Waals surface area contributed by atoms with E-state index in [0.717, 1.165) is 31.4 Å². The number of hydrogen-bond acceptors (Lipinski definition) is 6. The summed E-state index contributed by atoms with van der Waals surface area (Å²) in [4.78, 5) is 36.6. The van der Waals surface area contributed by atoms with Crippen molar-refractivity contribution >= 4 is 34.4 Å². The van der Waals surface area contributed by atoms with E-state index in [1.165, 1.54) is 28.5 Å². The van der Waals surface area contributed by atoms with Crippen LogP contribution in [0.5, 0.6) is 0 Å². The SMILES string of the molecule is CCCN1CCC=C2c3cccc4c3c(cn4NC(=O)N(CC)CC)C[C@H]21.O=C(O)C(O)C(O)C(=O)O. The minimum absolute atomic E-state index is 0.0441. The summed E-state index contributed by atoms with van der Waals surface area (Å²) in [6.07, 6.45) is 3.35. The number of carbonyl (C=O) groups excluding carboxylic acids is 1. The zero-order chi connectivity index (χ0) is 27.3. The Morgan fingerprint density at radius 3 is 2.30 bits per heavy atom. The number of aliphatic hydroxyl groups is 2. The van der Waals surface area contributed by atoms with Gasteiger partial charge in [0, 0.05) is 37.3 Å². The van der Waals surface area contributed by atoms with Crippen LogP contribution in [0.25, 0.3) is 16.5 Å². The first kappa shape index (κ1) is 28.2. The lowest BCUT2D eigenvalue weighted by Gasteiger charge is -2.39. The number of urea groups is 1. The number of aliphatic carboxylic acids is 2. The standard InChI is InChI=1S/C22H30N4O.C4H6O6/c1-4-12-25-13-8-10-17-18-9-7-11-19-21(18)16(14-20(17)25)15-26(19)23-22(27)24(5-2)6-3;5-1(3(7)8)2(6)4(9)10/h7,9-11,15,20H,4-6,8,12-14H2,1-3H3,(H,23,27);1-2,5-6H,(H,7,8)(H,9,10)/t20-;/m1./s1. The number of carboxylic acids is 2. The molecule has 2 unspecified atom stereocenters. The molecule has 0 saturated heterocycles. The van der Waals surface area contributed by atoms with Crippen molar-refractivity contribution in [2.45, 2.75) is 58.3 Å². The fourth-order valence-corrected chi connectivity index (χ4v) is 4.98. The molecule has 2 amide bonds. The molecule has 1 aliphatic heterocycles. The van der Waals surface area contributed by atoms with E-state index in [-0.39, 0.29) is 6.03 Å². The van der Waals surface area contributed by atoms with Gasteiger partial charge in [0.1, 0.15) is 0 Å². The predicted molar refractivity (Wildman–Crippen MR) is 139 cm³/mol. The highest BCUT2D eigenvalue weighted by atomic mass is 16.4. The Morgan fingerprint density at radius 1 is 1.08 bits per heavy atom. The van der Waals surface area contributed by atoms with Gasteiger partial charge in [-0.05, 0) is 62.4 Å². The summed E-state index contributed by atoms with van der Waals surface area (Å²) in [5, 5.41) is 33.8. The van der Waals surface area contributed by atoms with Crippen LogP contribution in [0.1, 0.15) is 44.7 Å². The average molecular weight is 517 g/mol. The second-order valence-corrected chi connectivity index (χ2v) is 9.08. The number of carbonyl (C=O) groups is 3. The van der Waals surface area contributed by atoms with Crippen LogP contribution in [-0.2, 0) is 16.0 Å². The Balaban J connectivity index is 0.000000325. The number of hydrogen-bond donors (Lipinski definition) is 5. The molecule has 11 nitrogen and oxygen atoms in total. The van der Waals surface area contributed by atoms with Crippen LogP contribution in [0.4, 0.5) is 4.79 Å². The first-order valence-corrected chi connectivity index (χ1v) is 12.6. The van der Waals surface area contributed by atoms with E-state index < -0.39 is 24.1 Å². The Kier molecular flexibility index (Phi) is 9.30. The Labute approximate surface area is 215 Å². The van der Waals surface area contributed by atoms with E-state index in [2.05, 4.69) is 47.7 Å². The molecule has 5 N–H and O–H groups in total. The van der Waals surface area contributed by atoms with Gasteiger partial charge in [-0.3, -0.25) is 9.58 Å². The zero-order valence-electron chi connectivity index (χ0n) is 21.4. The summed E-state index contributed by atoms with van der Waals surface area (Å²) in [6.45, 7) is 9.98. The monoisotopic (exact) mass is 516 g/mol. The number of aromatic nitrogens is 1. The Morgan fingerprint density at radius 2 is 1.73 bits per heavy atom. The molecule has 1 aromatic heterocycles. The molecule has 0 saturated carbocycles. The van der Waals surface area contributed by atoms with Gasteiger partial charge in [-0.25, -0.2) is 19.8 Å². The summed E-state index contributed by atoms with van der Waals surface area (Å²) in [6, 6.07) is 6.89. The molecular weight excluding hydrogens is 480 g/mol. The molecule has 11 heteroatoms. The largest absolute Gasteiger partial charge is 0.479 e. The summed E-state index contributed by atoms with van der Waals surface area (Å²) >= 11 is 0. The summed E-state index contributed by atoms with van der Waals surface area (Å²) in [5.41, 5.74) is 8.33. The third kappa shape index (κ3) is 5.95. The van der Waals surface area contributed by atoms with Crippen molar-refractivity contribution in [3.05, 3.63) is 41.6 Å². The maximum atomic E-state index is 12.6. The second-order valence-electron chi connectivity index (χ2n) is 9.08. The predicted octanol–water partition coefficient (Wildman–Crippen LogP) is 1.95. The maximum absolute atomic E-state index is 12.6. The fraction of sp³-hybridized carbons (Fsp3) is 0.500. The van der Waals surface area contributed by atoms with Gasteiger partial charge in [0.2, 0.25) is 0 Å². The molecule has 0 fully saturated rings. The van der Waals surface area contributed by atoms with Crippen molar-refractivity contribution < 1.29 is 34.8 Å². The van der Waals surface area contributed by atoms with Crippen molar-refractivity contribution in [2.75, 3.05) is 31.6 Å². The van der Waals surface area contributed by atoms with Crippen LogP contribution in [0, 0.1) is 0 Å². The molecule has 4 rings (SSSR count). The van der Waals surface area contributed by atoms with Gasteiger partial charge < -0.3 is 25.3 Å². The molecule has 0 spiro atoms. The second kappa shape index (κ2) is 12.2. The van der Waals surface area contributed by atoms with Gasteiger partial charge in [-0.15, -0.1) is 0 Å². The molecule has 2 aliphatic rings. The van der Waals surface area contributed by atoms with E-state index in [1.54, 1.807) is 4.90 Å². The number of aliphatic hydroxyl groups excluding tert-OH is 2. The Bertz CT molecular complexity index is 1150. The number of carboxylic acid groups (broad SMARTS) is 2. The van der Waals surface area contributed by atoms with Crippen molar-refractivity contribution in [1.29, 1.82) is 0 Å². The minimum atomic E-state index is -2.27. The van der Waals surface area contributed by atoms with Crippen LogP contribution in [-0.4, -0.2) is 97.3 Å². The topological polar surface area (TPSA) is 156 Å². The van der Waals surface area contributed by atoms with E-state index >= 15 is 0 Å².